The molecule has 0 bridgehead atoms. The fraction of sp³-hybridized carbons (Fsp3) is 0.440. The molecule has 0 radical (unpaired) electrons. The molecule has 2 aromatic rings. The Morgan fingerprint density at radius 3 is 2.27 bits per heavy atom. The van der Waals surface area contributed by atoms with Gasteiger partial charge in [0.15, 0.2) is 11.5 Å². The van der Waals surface area contributed by atoms with Gasteiger partial charge in [-0.25, -0.2) is 0 Å². The van der Waals surface area contributed by atoms with Crippen molar-refractivity contribution in [3.05, 3.63) is 35.9 Å². The first kappa shape index (κ1) is 24.2. The maximum atomic E-state index is 13.2. The summed E-state index contributed by atoms with van der Waals surface area (Å²) in [6.07, 6.45) is 0. The van der Waals surface area contributed by atoms with Crippen LogP contribution in [0, 0.1) is 11.3 Å². The molecule has 0 atom stereocenters. The van der Waals surface area contributed by atoms with E-state index in [1.165, 1.54) is 21.3 Å². The molecular formula is C25H32N2O6. The van der Waals surface area contributed by atoms with Gasteiger partial charge in [-0.15, -0.1) is 0 Å². The van der Waals surface area contributed by atoms with E-state index in [0.29, 0.717) is 46.5 Å². The van der Waals surface area contributed by atoms with Gasteiger partial charge in [-0.05, 0) is 50.1 Å². The molecular weight excluding hydrogens is 424 g/mol. The van der Waals surface area contributed by atoms with E-state index in [4.69, 9.17) is 18.9 Å². The van der Waals surface area contributed by atoms with Gasteiger partial charge in [-0.1, -0.05) is 13.8 Å². The standard InChI is InChI=1S/C25H32N2O6/c1-15(2)13-27-18-12-17(8-9-19(18)33-14-25(3,4)24(27)29)26-23(28)16-10-20(30-5)22(32-7)21(11-16)31-6/h8-12,15H,13-14H2,1-7H3,(H,26,28). The Balaban J connectivity index is 1.95. The van der Waals surface area contributed by atoms with Gasteiger partial charge in [-0.2, -0.15) is 0 Å². The zero-order chi connectivity index (χ0) is 24.3. The van der Waals surface area contributed by atoms with Crippen molar-refractivity contribution in [2.24, 2.45) is 11.3 Å². The van der Waals surface area contributed by atoms with Crippen LogP contribution >= 0.6 is 0 Å². The number of hydrogen-bond acceptors (Lipinski definition) is 6. The van der Waals surface area contributed by atoms with Gasteiger partial charge in [0.2, 0.25) is 11.7 Å². The van der Waals surface area contributed by atoms with Crippen LogP contribution in [-0.2, 0) is 4.79 Å². The van der Waals surface area contributed by atoms with E-state index in [1.807, 2.05) is 13.8 Å². The molecule has 0 unspecified atom stereocenters. The first-order chi connectivity index (χ1) is 15.6. The van der Waals surface area contributed by atoms with Crippen molar-refractivity contribution in [3.8, 4) is 23.0 Å². The second-order valence-corrected chi connectivity index (χ2v) is 9.03. The Morgan fingerprint density at radius 1 is 1.09 bits per heavy atom. The van der Waals surface area contributed by atoms with Crippen LogP contribution in [-0.4, -0.2) is 46.3 Å². The Morgan fingerprint density at radius 2 is 1.73 bits per heavy atom. The van der Waals surface area contributed by atoms with E-state index >= 15 is 0 Å². The topological polar surface area (TPSA) is 86.3 Å². The summed E-state index contributed by atoms with van der Waals surface area (Å²) in [5.74, 6) is 1.67. The van der Waals surface area contributed by atoms with E-state index in [2.05, 4.69) is 19.2 Å². The number of rotatable bonds is 7. The average molecular weight is 457 g/mol. The van der Waals surface area contributed by atoms with Crippen LogP contribution in [0.25, 0.3) is 0 Å². The summed E-state index contributed by atoms with van der Waals surface area (Å²) in [5.41, 5.74) is 0.860. The zero-order valence-electron chi connectivity index (χ0n) is 20.3. The molecule has 1 aliphatic heterocycles. The van der Waals surface area contributed by atoms with Crippen molar-refractivity contribution >= 4 is 23.2 Å². The summed E-state index contributed by atoms with van der Waals surface area (Å²) in [6.45, 7) is 8.69. The molecule has 1 heterocycles. The Labute approximate surface area is 194 Å². The van der Waals surface area contributed by atoms with Crippen molar-refractivity contribution < 1.29 is 28.5 Å². The predicted octanol–water partition coefficient (Wildman–Crippen LogP) is 4.37. The lowest BCUT2D eigenvalue weighted by molar-refractivity contribution is -0.127. The molecule has 178 valence electrons. The second kappa shape index (κ2) is 9.60. The van der Waals surface area contributed by atoms with Crippen LogP contribution in [0.5, 0.6) is 23.0 Å². The molecule has 1 N–H and O–H groups in total. The Hall–Kier alpha value is -3.42. The largest absolute Gasteiger partial charge is 0.493 e. The molecule has 0 aromatic heterocycles. The monoisotopic (exact) mass is 456 g/mol. The normalized spacial score (nSPS) is 14.8. The highest BCUT2D eigenvalue weighted by Crippen LogP contribution is 2.40. The van der Waals surface area contributed by atoms with Gasteiger partial charge < -0.3 is 29.2 Å². The maximum Gasteiger partial charge on any atom is 0.255 e. The number of benzene rings is 2. The van der Waals surface area contributed by atoms with Gasteiger partial charge in [-0.3, -0.25) is 9.59 Å². The van der Waals surface area contributed by atoms with Gasteiger partial charge in [0.25, 0.3) is 5.91 Å². The molecule has 0 fully saturated rings. The van der Waals surface area contributed by atoms with Gasteiger partial charge >= 0.3 is 0 Å². The number of anilines is 2. The molecule has 0 aliphatic carbocycles. The number of amides is 2. The Bertz CT molecular complexity index is 1020. The number of fused-ring (bicyclic) bond motifs is 1. The quantitative estimate of drug-likeness (QED) is 0.666. The summed E-state index contributed by atoms with van der Waals surface area (Å²) < 4.78 is 22.0. The van der Waals surface area contributed by atoms with Crippen molar-refractivity contribution in [2.45, 2.75) is 27.7 Å². The van der Waals surface area contributed by atoms with E-state index < -0.39 is 5.41 Å². The third kappa shape index (κ3) is 4.99. The smallest absolute Gasteiger partial charge is 0.255 e. The average Bonchev–Trinajstić information content (AvgIpc) is 2.87. The maximum absolute atomic E-state index is 13.2. The third-order valence-corrected chi connectivity index (χ3v) is 5.39. The van der Waals surface area contributed by atoms with Gasteiger partial charge in [0.1, 0.15) is 12.4 Å². The predicted molar refractivity (Wildman–Crippen MR) is 127 cm³/mol. The fourth-order valence-corrected chi connectivity index (χ4v) is 3.68. The van der Waals surface area contributed by atoms with Crippen molar-refractivity contribution in [2.75, 3.05) is 44.7 Å². The second-order valence-electron chi connectivity index (χ2n) is 9.03. The molecule has 3 rings (SSSR count). The summed E-state index contributed by atoms with van der Waals surface area (Å²) in [6, 6.07) is 8.47. The van der Waals surface area contributed by atoms with Crippen LogP contribution in [0.3, 0.4) is 0 Å². The molecule has 0 saturated carbocycles. The number of nitrogens with one attached hydrogen (secondary N) is 1. The SMILES string of the molecule is COc1cc(C(=O)Nc2ccc3c(c2)N(CC(C)C)C(=O)C(C)(C)CO3)cc(OC)c1OC. The minimum absolute atomic E-state index is 0.0111. The molecule has 2 aromatic carbocycles. The fourth-order valence-electron chi connectivity index (χ4n) is 3.68. The third-order valence-electron chi connectivity index (χ3n) is 5.39. The number of methoxy groups -OCH3 is 3. The lowest BCUT2D eigenvalue weighted by atomic mass is 9.92. The van der Waals surface area contributed by atoms with Crippen LogP contribution in [0.4, 0.5) is 11.4 Å². The minimum atomic E-state index is -0.659. The molecule has 2 amide bonds. The van der Waals surface area contributed by atoms with Crippen LogP contribution in [0.1, 0.15) is 38.1 Å². The summed E-state index contributed by atoms with van der Waals surface area (Å²) >= 11 is 0. The molecule has 8 heteroatoms. The van der Waals surface area contributed by atoms with E-state index in [0.717, 1.165) is 0 Å². The zero-order valence-corrected chi connectivity index (χ0v) is 20.3. The van der Waals surface area contributed by atoms with E-state index in [9.17, 15) is 9.59 Å². The first-order valence-electron chi connectivity index (χ1n) is 10.8. The highest BCUT2D eigenvalue weighted by Gasteiger charge is 2.38. The van der Waals surface area contributed by atoms with Gasteiger partial charge in [0.05, 0.1) is 32.4 Å². The molecule has 0 saturated heterocycles. The number of hydrogen-bond donors (Lipinski definition) is 1. The van der Waals surface area contributed by atoms with Gasteiger partial charge in [0, 0.05) is 17.8 Å². The first-order valence-corrected chi connectivity index (χ1v) is 10.8. The Kier molecular flexibility index (Phi) is 7.05. The molecule has 1 aliphatic rings. The summed E-state index contributed by atoms with van der Waals surface area (Å²) in [5, 5.41) is 2.89. The summed E-state index contributed by atoms with van der Waals surface area (Å²) in [7, 11) is 4.49. The molecule has 33 heavy (non-hydrogen) atoms. The minimum Gasteiger partial charge on any atom is -0.493 e. The van der Waals surface area contributed by atoms with Crippen LogP contribution < -0.4 is 29.2 Å². The highest BCUT2D eigenvalue weighted by atomic mass is 16.5. The van der Waals surface area contributed by atoms with E-state index in [1.54, 1.807) is 35.2 Å². The van der Waals surface area contributed by atoms with Crippen LogP contribution in [0.2, 0.25) is 0 Å². The lowest BCUT2D eigenvalue weighted by Gasteiger charge is -2.29. The number of ether oxygens (including phenoxy) is 4. The van der Waals surface area contributed by atoms with E-state index in [-0.39, 0.29) is 24.3 Å². The highest BCUT2D eigenvalue weighted by molar-refractivity contribution is 6.06. The van der Waals surface area contributed by atoms with Crippen molar-refractivity contribution in [3.63, 3.8) is 0 Å². The molecule has 8 nitrogen and oxygen atoms in total. The number of nitrogens with zero attached hydrogens (tertiary/aromatic N) is 1. The van der Waals surface area contributed by atoms with Crippen LogP contribution in [0.15, 0.2) is 30.3 Å². The van der Waals surface area contributed by atoms with Crippen molar-refractivity contribution in [1.29, 1.82) is 0 Å². The molecule has 0 spiro atoms. The van der Waals surface area contributed by atoms with Crippen molar-refractivity contribution in [1.82, 2.24) is 0 Å². The lowest BCUT2D eigenvalue weighted by Crippen LogP contribution is -2.43. The summed E-state index contributed by atoms with van der Waals surface area (Å²) in [4.78, 5) is 28.0. The number of carbonyl (C=O) groups is 2. The number of carbonyl (C=O) groups excluding carboxylic acids is 2.